The highest BCUT2D eigenvalue weighted by atomic mass is 16.5. The van der Waals surface area contributed by atoms with E-state index in [4.69, 9.17) is 9.15 Å². The van der Waals surface area contributed by atoms with Gasteiger partial charge >= 0.3 is 0 Å². The zero-order chi connectivity index (χ0) is 16.1. The largest absolute Gasteiger partial charge is 0.485 e. The molecule has 0 saturated heterocycles. The van der Waals surface area contributed by atoms with Crippen LogP contribution in [-0.4, -0.2) is 5.91 Å². The highest BCUT2D eigenvalue weighted by Gasteiger charge is 2.12. The van der Waals surface area contributed by atoms with Gasteiger partial charge in [0.1, 0.15) is 18.1 Å². The number of furan rings is 1. The molecule has 0 unspecified atom stereocenters. The molecule has 0 aliphatic rings. The summed E-state index contributed by atoms with van der Waals surface area (Å²) in [5.41, 5.74) is 1.78. The molecule has 1 amide bonds. The van der Waals surface area contributed by atoms with E-state index in [1.807, 2.05) is 61.5 Å². The maximum atomic E-state index is 12.1. The van der Waals surface area contributed by atoms with E-state index in [9.17, 15) is 4.79 Å². The highest BCUT2D eigenvalue weighted by Crippen LogP contribution is 2.19. The molecule has 0 aliphatic heterocycles. The first-order valence-electron chi connectivity index (χ1n) is 7.36. The van der Waals surface area contributed by atoms with Crippen molar-refractivity contribution >= 4 is 11.6 Å². The molecule has 3 aromatic rings. The number of hydrogen-bond acceptors (Lipinski definition) is 3. The molecule has 1 aromatic heterocycles. The topological polar surface area (TPSA) is 51.5 Å². The van der Waals surface area contributed by atoms with Crippen LogP contribution in [0.5, 0.6) is 5.75 Å². The number of rotatable bonds is 5. The van der Waals surface area contributed by atoms with Gasteiger partial charge in [0.25, 0.3) is 5.91 Å². The minimum absolute atomic E-state index is 0.261. The van der Waals surface area contributed by atoms with Gasteiger partial charge in [-0.3, -0.25) is 4.79 Å². The fourth-order valence-electron chi connectivity index (χ4n) is 2.16. The standard InChI is InChI=1S/C19H17NO3/c1-14-7-5-6-10-17(14)22-13-16-11-12-18(23-16)19(21)20-15-8-3-2-4-9-15/h2-12H,13H2,1H3,(H,20,21). The molecule has 116 valence electrons. The van der Waals surface area contributed by atoms with Gasteiger partial charge in [-0.1, -0.05) is 36.4 Å². The van der Waals surface area contributed by atoms with Gasteiger partial charge in [0.15, 0.2) is 5.76 Å². The number of hydrogen-bond donors (Lipinski definition) is 1. The van der Waals surface area contributed by atoms with Crippen LogP contribution < -0.4 is 10.1 Å². The van der Waals surface area contributed by atoms with Crippen molar-refractivity contribution in [3.63, 3.8) is 0 Å². The molecule has 0 atom stereocenters. The van der Waals surface area contributed by atoms with Crippen molar-refractivity contribution in [1.82, 2.24) is 0 Å². The monoisotopic (exact) mass is 307 g/mol. The van der Waals surface area contributed by atoms with Crippen molar-refractivity contribution in [2.45, 2.75) is 13.5 Å². The molecular formula is C19H17NO3. The molecule has 0 radical (unpaired) electrons. The number of para-hydroxylation sites is 2. The van der Waals surface area contributed by atoms with Crippen LogP contribution in [-0.2, 0) is 6.61 Å². The number of carbonyl (C=O) groups is 1. The van der Waals surface area contributed by atoms with E-state index in [-0.39, 0.29) is 18.3 Å². The minimum Gasteiger partial charge on any atom is -0.485 e. The molecule has 0 bridgehead atoms. The Labute approximate surface area is 134 Å². The number of ether oxygens (including phenoxy) is 1. The first-order chi connectivity index (χ1) is 11.2. The second kappa shape index (κ2) is 6.83. The highest BCUT2D eigenvalue weighted by molar-refractivity contribution is 6.02. The van der Waals surface area contributed by atoms with Crippen LogP contribution in [0.3, 0.4) is 0 Å². The summed E-state index contributed by atoms with van der Waals surface area (Å²) in [6.45, 7) is 2.26. The van der Waals surface area contributed by atoms with Crippen LogP contribution >= 0.6 is 0 Å². The maximum Gasteiger partial charge on any atom is 0.291 e. The zero-order valence-corrected chi connectivity index (χ0v) is 12.8. The molecule has 0 spiro atoms. The molecule has 4 heteroatoms. The molecule has 0 fully saturated rings. The Morgan fingerprint density at radius 1 is 1.00 bits per heavy atom. The molecule has 4 nitrogen and oxygen atoms in total. The predicted octanol–water partition coefficient (Wildman–Crippen LogP) is 4.42. The van der Waals surface area contributed by atoms with Crippen LogP contribution in [0.4, 0.5) is 5.69 Å². The molecule has 3 rings (SSSR count). The number of benzene rings is 2. The number of aryl methyl sites for hydroxylation is 1. The van der Waals surface area contributed by atoms with Gasteiger partial charge in [0.2, 0.25) is 0 Å². The van der Waals surface area contributed by atoms with E-state index < -0.39 is 0 Å². The summed E-state index contributed by atoms with van der Waals surface area (Å²) in [5, 5.41) is 2.78. The average molecular weight is 307 g/mol. The van der Waals surface area contributed by atoms with Crippen molar-refractivity contribution in [3.8, 4) is 5.75 Å². The third-order valence-electron chi connectivity index (χ3n) is 3.38. The van der Waals surface area contributed by atoms with E-state index >= 15 is 0 Å². The Bertz CT molecular complexity index is 793. The lowest BCUT2D eigenvalue weighted by molar-refractivity contribution is 0.0992. The summed E-state index contributed by atoms with van der Waals surface area (Å²) in [4.78, 5) is 12.1. The number of anilines is 1. The fraction of sp³-hybridized carbons (Fsp3) is 0.105. The lowest BCUT2D eigenvalue weighted by Crippen LogP contribution is -2.10. The van der Waals surface area contributed by atoms with E-state index in [2.05, 4.69) is 5.32 Å². The number of amides is 1. The SMILES string of the molecule is Cc1ccccc1OCc1ccc(C(=O)Nc2ccccc2)o1. The van der Waals surface area contributed by atoms with Gasteiger partial charge in [-0.25, -0.2) is 0 Å². The van der Waals surface area contributed by atoms with Gasteiger partial charge in [0.05, 0.1) is 0 Å². The third-order valence-corrected chi connectivity index (χ3v) is 3.38. The summed E-state index contributed by atoms with van der Waals surface area (Å²) in [6.07, 6.45) is 0. The van der Waals surface area contributed by atoms with Gasteiger partial charge in [-0.05, 0) is 42.8 Å². The van der Waals surface area contributed by atoms with Gasteiger partial charge in [-0.2, -0.15) is 0 Å². The summed E-state index contributed by atoms with van der Waals surface area (Å²) >= 11 is 0. The molecule has 0 saturated carbocycles. The Morgan fingerprint density at radius 2 is 1.74 bits per heavy atom. The second-order valence-corrected chi connectivity index (χ2v) is 5.14. The van der Waals surface area contributed by atoms with Crippen molar-refractivity contribution in [2.24, 2.45) is 0 Å². The Morgan fingerprint density at radius 3 is 2.52 bits per heavy atom. The maximum absolute atomic E-state index is 12.1. The fourth-order valence-corrected chi connectivity index (χ4v) is 2.16. The van der Waals surface area contributed by atoms with Gasteiger partial charge < -0.3 is 14.5 Å². The normalized spacial score (nSPS) is 10.3. The van der Waals surface area contributed by atoms with Crippen molar-refractivity contribution in [3.05, 3.63) is 83.8 Å². The van der Waals surface area contributed by atoms with Crippen molar-refractivity contribution in [1.29, 1.82) is 0 Å². The first kappa shape index (κ1) is 14.9. The van der Waals surface area contributed by atoms with Crippen LogP contribution in [0.15, 0.2) is 71.1 Å². The Kier molecular flexibility index (Phi) is 4.43. The first-order valence-corrected chi connectivity index (χ1v) is 7.36. The summed E-state index contributed by atoms with van der Waals surface area (Å²) in [7, 11) is 0. The minimum atomic E-state index is -0.279. The third kappa shape index (κ3) is 3.80. The van der Waals surface area contributed by atoms with Crippen LogP contribution in [0, 0.1) is 6.92 Å². The van der Waals surface area contributed by atoms with Gasteiger partial charge in [0, 0.05) is 5.69 Å². The smallest absolute Gasteiger partial charge is 0.291 e. The van der Waals surface area contributed by atoms with Crippen molar-refractivity contribution < 1.29 is 13.9 Å². The van der Waals surface area contributed by atoms with E-state index in [0.29, 0.717) is 5.76 Å². The number of nitrogens with one attached hydrogen (secondary N) is 1. The van der Waals surface area contributed by atoms with E-state index in [1.54, 1.807) is 12.1 Å². The molecule has 0 aliphatic carbocycles. The van der Waals surface area contributed by atoms with Crippen molar-refractivity contribution in [2.75, 3.05) is 5.32 Å². The Hall–Kier alpha value is -3.01. The zero-order valence-electron chi connectivity index (χ0n) is 12.8. The van der Waals surface area contributed by atoms with E-state index in [0.717, 1.165) is 17.0 Å². The molecule has 23 heavy (non-hydrogen) atoms. The van der Waals surface area contributed by atoms with E-state index in [1.165, 1.54) is 0 Å². The lowest BCUT2D eigenvalue weighted by Gasteiger charge is -2.07. The second-order valence-electron chi connectivity index (χ2n) is 5.14. The predicted molar refractivity (Wildman–Crippen MR) is 88.6 cm³/mol. The summed E-state index contributed by atoms with van der Waals surface area (Å²) in [5.74, 6) is 1.39. The van der Waals surface area contributed by atoms with Crippen LogP contribution in [0.2, 0.25) is 0 Å². The van der Waals surface area contributed by atoms with Crippen LogP contribution in [0.25, 0.3) is 0 Å². The Balaban J connectivity index is 1.62. The quantitative estimate of drug-likeness (QED) is 0.759. The average Bonchev–Trinajstić information content (AvgIpc) is 3.04. The molecular weight excluding hydrogens is 290 g/mol. The summed E-state index contributed by atoms with van der Waals surface area (Å²) in [6, 6.07) is 20.4. The molecule has 2 aromatic carbocycles. The van der Waals surface area contributed by atoms with Crippen LogP contribution in [0.1, 0.15) is 21.9 Å². The lowest BCUT2D eigenvalue weighted by atomic mass is 10.2. The number of carbonyl (C=O) groups excluding carboxylic acids is 1. The molecule has 1 N–H and O–H groups in total. The molecule has 1 heterocycles. The summed E-state index contributed by atoms with van der Waals surface area (Å²) < 4.78 is 11.3. The van der Waals surface area contributed by atoms with Gasteiger partial charge in [-0.15, -0.1) is 0 Å².